The number of alkyl halides is 3. The SMILES string of the molecule is CCOC(=O)c1[nH]cc(-c2ccn(CC(F)(F)F)n2)c1C. The summed E-state index contributed by atoms with van der Waals surface area (Å²) >= 11 is 0. The quantitative estimate of drug-likeness (QED) is 0.883. The van der Waals surface area contributed by atoms with E-state index in [1.165, 1.54) is 18.5 Å². The van der Waals surface area contributed by atoms with Crippen LogP contribution in [-0.2, 0) is 11.3 Å². The number of halogens is 3. The summed E-state index contributed by atoms with van der Waals surface area (Å²) in [5, 5.41) is 3.87. The Labute approximate surface area is 118 Å². The minimum absolute atomic E-state index is 0.243. The molecule has 114 valence electrons. The zero-order chi connectivity index (χ0) is 15.6. The number of aromatic amines is 1. The maximum Gasteiger partial charge on any atom is 0.408 e. The number of carbonyl (C=O) groups is 1. The zero-order valence-corrected chi connectivity index (χ0v) is 11.5. The molecule has 0 atom stereocenters. The summed E-state index contributed by atoms with van der Waals surface area (Å²) in [5.41, 5.74) is 1.80. The number of ether oxygens (including phenoxy) is 1. The largest absolute Gasteiger partial charge is 0.461 e. The molecule has 0 fully saturated rings. The van der Waals surface area contributed by atoms with Crippen LogP contribution in [0.15, 0.2) is 18.5 Å². The van der Waals surface area contributed by atoms with E-state index in [4.69, 9.17) is 4.74 Å². The number of hydrogen-bond donors (Lipinski definition) is 1. The Hall–Kier alpha value is -2.25. The Kier molecular flexibility index (Phi) is 4.06. The molecule has 5 nitrogen and oxygen atoms in total. The number of carbonyl (C=O) groups excluding carboxylic acids is 1. The second-order valence-corrected chi connectivity index (χ2v) is 4.44. The van der Waals surface area contributed by atoms with Crippen molar-refractivity contribution in [3.63, 3.8) is 0 Å². The summed E-state index contributed by atoms with van der Waals surface area (Å²) in [7, 11) is 0. The summed E-state index contributed by atoms with van der Waals surface area (Å²) < 4.78 is 42.6. The van der Waals surface area contributed by atoms with Crippen molar-refractivity contribution in [3.8, 4) is 11.3 Å². The van der Waals surface area contributed by atoms with E-state index in [0.717, 1.165) is 4.68 Å². The molecule has 2 aromatic rings. The molecule has 8 heteroatoms. The highest BCUT2D eigenvalue weighted by Gasteiger charge is 2.28. The smallest absolute Gasteiger partial charge is 0.408 e. The molecule has 0 aliphatic carbocycles. The highest BCUT2D eigenvalue weighted by molar-refractivity contribution is 5.91. The van der Waals surface area contributed by atoms with E-state index in [1.54, 1.807) is 13.8 Å². The Morgan fingerprint density at radius 1 is 1.48 bits per heavy atom. The summed E-state index contributed by atoms with van der Waals surface area (Å²) in [4.78, 5) is 14.4. The molecule has 2 aromatic heterocycles. The van der Waals surface area contributed by atoms with Crippen LogP contribution in [0, 0.1) is 6.92 Å². The van der Waals surface area contributed by atoms with Gasteiger partial charge in [0.2, 0.25) is 0 Å². The molecular formula is C13H14F3N3O2. The predicted molar refractivity (Wildman–Crippen MR) is 68.8 cm³/mol. The topological polar surface area (TPSA) is 59.9 Å². The van der Waals surface area contributed by atoms with E-state index < -0.39 is 18.7 Å². The first-order valence-corrected chi connectivity index (χ1v) is 6.27. The molecule has 0 spiro atoms. The van der Waals surface area contributed by atoms with Crippen molar-refractivity contribution in [2.75, 3.05) is 6.61 Å². The average Bonchev–Trinajstić information content (AvgIpc) is 2.94. The summed E-state index contributed by atoms with van der Waals surface area (Å²) in [5.74, 6) is -0.504. The van der Waals surface area contributed by atoms with Crippen molar-refractivity contribution in [2.45, 2.75) is 26.6 Å². The summed E-state index contributed by atoms with van der Waals surface area (Å²) in [6, 6.07) is 1.47. The number of esters is 1. The van der Waals surface area contributed by atoms with Crippen molar-refractivity contribution in [1.82, 2.24) is 14.8 Å². The van der Waals surface area contributed by atoms with Gasteiger partial charge < -0.3 is 9.72 Å². The highest BCUT2D eigenvalue weighted by Crippen LogP contribution is 2.25. The van der Waals surface area contributed by atoms with Gasteiger partial charge in [-0.05, 0) is 25.5 Å². The van der Waals surface area contributed by atoms with E-state index in [1.807, 2.05) is 0 Å². The Morgan fingerprint density at radius 2 is 2.19 bits per heavy atom. The van der Waals surface area contributed by atoms with Gasteiger partial charge in [-0.25, -0.2) is 4.79 Å². The van der Waals surface area contributed by atoms with Gasteiger partial charge in [0, 0.05) is 18.0 Å². The molecule has 0 radical (unpaired) electrons. The minimum Gasteiger partial charge on any atom is -0.461 e. The van der Waals surface area contributed by atoms with E-state index in [0.29, 0.717) is 16.8 Å². The Bertz CT molecular complexity index is 643. The lowest BCUT2D eigenvalue weighted by Gasteiger charge is -2.05. The molecule has 1 N–H and O–H groups in total. The fourth-order valence-corrected chi connectivity index (χ4v) is 1.95. The standard InChI is InChI=1S/C13H14F3N3O2/c1-3-21-12(20)11-8(2)9(6-17-11)10-4-5-19(18-10)7-13(14,15)16/h4-6,17H,3,7H2,1-2H3. The number of rotatable bonds is 4. The van der Waals surface area contributed by atoms with Crippen LogP contribution in [0.1, 0.15) is 23.0 Å². The third kappa shape index (κ3) is 3.45. The molecule has 0 unspecified atom stereocenters. The van der Waals surface area contributed by atoms with Gasteiger partial charge in [0.15, 0.2) is 0 Å². The van der Waals surface area contributed by atoms with Crippen molar-refractivity contribution in [3.05, 3.63) is 29.7 Å². The van der Waals surface area contributed by atoms with Gasteiger partial charge in [-0.15, -0.1) is 0 Å². The first-order valence-electron chi connectivity index (χ1n) is 6.27. The van der Waals surface area contributed by atoms with Crippen LogP contribution < -0.4 is 0 Å². The van der Waals surface area contributed by atoms with Crippen molar-refractivity contribution in [2.24, 2.45) is 0 Å². The highest BCUT2D eigenvalue weighted by atomic mass is 19.4. The van der Waals surface area contributed by atoms with E-state index in [-0.39, 0.29) is 12.3 Å². The van der Waals surface area contributed by atoms with Crippen LogP contribution in [0.2, 0.25) is 0 Å². The monoisotopic (exact) mass is 301 g/mol. The van der Waals surface area contributed by atoms with Gasteiger partial charge in [0.25, 0.3) is 0 Å². The van der Waals surface area contributed by atoms with Crippen molar-refractivity contribution >= 4 is 5.97 Å². The third-order valence-electron chi connectivity index (χ3n) is 2.88. The van der Waals surface area contributed by atoms with E-state index >= 15 is 0 Å². The number of nitrogens with zero attached hydrogens (tertiary/aromatic N) is 2. The van der Waals surface area contributed by atoms with Gasteiger partial charge in [0.1, 0.15) is 12.2 Å². The lowest BCUT2D eigenvalue weighted by molar-refractivity contribution is -0.142. The number of hydrogen-bond acceptors (Lipinski definition) is 3. The maximum absolute atomic E-state index is 12.3. The predicted octanol–water partition coefficient (Wildman–Crippen LogP) is 2.93. The van der Waals surface area contributed by atoms with Crippen LogP contribution in [0.25, 0.3) is 11.3 Å². The van der Waals surface area contributed by atoms with Crippen LogP contribution in [0.3, 0.4) is 0 Å². The van der Waals surface area contributed by atoms with Crippen LogP contribution in [0.4, 0.5) is 13.2 Å². The fourth-order valence-electron chi connectivity index (χ4n) is 1.95. The lowest BCUT2D eigenvalue weighted by Crippen LogP contribution is -2.17. The lowest BCUT2D eigenvalue weighted by atomic mass is 10.1. The van der Waals surface area contributed by atoms with Crippen molar-refractivity contribution < 1.29 is 22.7 Å². The maximum atomic E-state index is 12.3. The number of H-pyrrole nitrogens is 1. The van der Waals surface area contributed by atoms with Crippen molar-refractivity contribution in [1.29, 1.82) is 0 Å². The molecule has 2 heterocycles. The first-order chi connectivity index (χ1) is 9.81. The van der Waals surface area contributed by atoms with Crippen LogP contribution >= 0.6 is 0 Å². The molecule has 0 aliphatic heterocycles. The van der Waals surface area contributed by atoms with Gasteiger partial charge in [-0.1, -0.05) is 0 Å². The van der Waals surface area contributed by atoms with E-state index in [9.17, 15) is 18.0 Å². The van der Waals surface area contributed by atoms with Gasteiger partial charge >= 0.3 is 12.1 Å². The molecule has 21 heavy (non-hydrogen) atoms. The third-order valence-corrected chi connectivity index (χ3v) is 2.88. The second kappa shape index (κ2) is 5.63. The normalized spacial score (nSPS) is 11.7. The molecule has 0 saturated carbocycles. The summed E-state index contributed by atoms with van der Waals surface area (Å²) in [6.07, 6.45) is -1.55. The van der Waals surface area contributed by atoms with E-state index in [2.05, 4.69) is 10.1 Å². The van der Waals surface area contributed by atoms with Crippen LogP contribution in [0.5, 0.6) is 0 Å². The van der Waals surface area contributed by atoms with Crippen LogP contribution in [-0.4, -0.2) is 33.5 Å². The minimum atomic E-state index is -4.33. The molecular weight excluding hydrogens is 287 g/mol. The van der Waals surface area contributed by atoms with Gasteiger partial charge in [-0.2, -0.15) is 18.3 Å². The first kappa shape index (κ1) is 15.1. The Morgan fingerprint density at radius 3 is 2.81 bits per heavy atom. The molecule has 0 amide bonds. The molecule has 0 bridgehead atoms. The molecule has 0 saturated heterocycles. The summed E-state index contributed by atoms with van der Waals surface area (Å²) in [6.45, 7) is 2.46. The van der Waals surface area contributed by atoms with Gasteiger partial charge in [-0.3, -0.25) is 4.68 Å². The number of aromatic nitrogens is 3. The Balaban J connectivity index is 2.25. The second-order valence-electron chi connectivity index (χ2n) is 4.44. The molecule has 0 aliphatic rings. The molecule has 2 rings (SSSR count). The average molecular weight is 301 g/mol. The zero-order valence-electron chi connectivity index (χ0n) is 11.5. The fraction of sp³-hybridized carbons (Fsp3) is 0.385. The molecule has 0 aromatic carbocycles. The number of nitrogens with one attached hydrogen (secondary N) is 1. The van der Waals surface area contributed by atoms with Gasteiger partial charge in [0.05, 0.1) is 12.3 Å².